The summed E-state index contributed by atoms with van der Waals surface area (Å²) in [7, 11) is 0. The summed E-state index contributed by atoms with van der Waals surface area (Å²) in [5.74, 6) is 2.38. The summed E-state index contributed by atoms with van der Waals surface area (Å²) in [6, 6.07) is 3.77. The molecule has 2 atom stereocenters. The minimum atomic E-state index is 0.135. The molecule has 0 saturated heterocycles. The lowest BCUT2D eigenvalue weighted by Crippen LogP contribution is -2.34. The van der Waals surface area contributed by atoms with Gasteiger partial charge in [-0.3, -0.25) is 4.79 Å². The van der Waals surface area contributed by atoms with Crippen molar-refractivity contribution in [2.45, 2.75) is 38.5 Å². The molecule has 1 aliphatic rings. The lowest BCUT2D eigenvalue weighted by molar-refractivity contribution is -0.121. The first kappa shape index (κ1) is 14.6. The third-order valence-corrected chi connectivity index (χ3v) is 4.84. The van der Waals surface area contributed by atoms with E-state index < -0.39 is 0 Å². The molecule has 1 heterocycles. The molecule has 19 heavy (non-hydrogen) atoms. The van der Waals surface area contributed by atoms with Crippen LogP contribution in [0.2, 0.25) is 0 Å². The van der Waals surface area contributed by atoms with Crippen LogP contribution in [0.3, 0.4) is 0 Å². The molecular formula is C15H22BrNO2. The molecule has 0 aromatic carbocycles. The van der Waals surface area contributed by atoms with Gasteiger partial charge in [-0.25, -0.2) is 0 Å². The zero-order valence-corrected chi connectivity index (χ0v) is 12.8. The summed E-state index contributed by atoms with van der Waals surface area (Å²) in [6.45, 7) is 0.827. The molecule has 1 saturated carbocycles. The van der Waals surface area contributed by atoms with Gasteiger partial charge in [-0.05, 0) is 36.8 Å². The Bertz CT molecular complexity index is 378. The first-order valence-electron chi connectivity index (χ1n) is 7.14. The average molecular weight is 328 g/mol. The van der Waals surface area contributed by atoms with Crippen molar-refractivity contribution in [2.75, 3.05) is 11.9 Å². The number of halogens is 1. The normalized spacial score (nSPS) is 23.2. The van der Waals surface area contributed by atoms with Gasteiger partial charge in [-0.2, -0.15) is 0 Å². The number of hydrogen-bond acceptors (Lipinski definition) is 2. The van der Waals surface area contributed by atoms with Gasteiger partial charge in [0.15, 0.2) is 0 Å². The van der Waals surface area contributed by atoms with E-state index in [0.717, 1.165) is 23.6 Å². The predicted molar refractivity (Wildman–Crippen MR) is 79.3 cm³/mol. The smallest absolute Gasteiger partial charge is 0.220 e. The third kappa shape index (κ3) is 4.68. The predicted octanol–water partition coefficient (Wildman–Crippen LogP) is 3.53. The minimum absolute atomic E-state index is 0.135. The maximum absolute atomic E-state index is 11.8. The molecule has 4 heteroatoms. The van der Waals surface area contributed by atoms with Gasteiger partial charge in [0.2, 0.25) is 5.91 Å². The fourth-order valence-corrected chi connectivity index (χ4v) is 3.63. The Morgan fingerprint density at radius 1 is 1.37 bits per heavy atom. The third-order valence-electron chi connectivity index (χ3n) is 4.00. The van der Waals surface area contributed by atoms with E-state index in [-0.39, 0.29) is 5.91 Å². The Hall–Kier alpha value is -0.770. The van der Waals surface area contributed by atoms with E-state index in [1.165, 1.54) is 25.7 Å². The highest BCUT2D eigenvalue weighted by Gasteiger charge is 2.24. The lowest BCUT2D eigenvalue weighted by Gasteiger charge is -2.30. The van der Waals surface area contributed by atoms with E-state index in [1.54, 1.807) is 6.26 Å². The van der Waals surface area contributed by atoms with Crippen molar-refractivity contribution in [3.8, 4) is 0 Å². The van der Waals surface area contributed by atoms with Crippen LogP contribution in [0.5, 0.6) is 0 Å². The van der Waals surface area contributed by atoms with Crippen molar-refractivity contribution in [1.29, 1.82) is 0 Å². The van der Waals surface area contributed by atoms with Gasteiger partial charge in [0.05, 0.1) is 6.26 Å². The van der Waals surface area contributed by atoms with Gasteiger partial charge in [0.25, 0.3) is 0 Å². The standard InChI is InChI=1S/C15H22BrNO2/c16-10-12-4-1-2-5-13(12)11-17-15(18)8-7-14-6-3-9-19-14/h3,6,9,12-13H,1-2,4-5,7-8,10-11H2,(H,17,18). The SMILES string of the molecule is O=C(CCc1ccco1)NCC1CCCCC1CBr. The van der Waals surface area contributed by atoms with Crippen LogP contribution >= 0.6 is 15.9 Å². The number of furan rings is 1. The lowest BCUT2D eigenvalue weighted by atomic mass is 9.80. The number of hydrogen-bond donors (Lipinski definition) is 1. The van der Waals surface area contributed by atoms with E-state index in [9.17, 15) is 4.79 Å². The van der Waals surface area contributed by atoms with Crippen LogP contribution in [0.15, 0.2) is 22.8 Å². The van der Waals surface area contributed by atoms with E-state index in [0.29, 0.717) is 18.8 Å². The first-order valence-corrected chi connectivity index (χ1v) is 8.27. The number of aryl methyl sites for hydroxylation is 1. The number of carbonyl (C=O) groups excluding carboxylic acids is 1. The van der Waals surface area contributed by atoms with Gasteiger partial charge >= 0.3 is 0 Å². The van der Waals surface area contributed by atoms with Crippen molar-refractivity contribution in [3.63, 3.8) is 0 Å². The van der Waals surface area contributed by atoms with Crippen LogP contribution in [0, 0.1) is 11.8 Å². The molecule has 0 aliphatic heterocycles. The van der Waals surface area contributed by atoms with E-state index in [1.807, 2.05) is 12.1 Å². The minimum Gasteiger partial charge on any atom is -0.469 e. The highest BCUT2D eigenvalue weighted by Crippen LogP contribution is 2.30. The molecule has 0 radical (unpaired) electrons. The molecule has 1 aromatic heterocycles. The molecule has 1 aromatic rings. The van der Waals surface area contributed by atoms with Crippen molar-refractivity contribution < 1.29 is 9.21 Å². The van der Waals surface area contributed by atoms with E-state index in [4.69, 9.17) is 4.42 Å². The zero-order valence-electron chi connectivity index (χ0n) is 11.2. The summed E-state index contributed by atoms with van der Waals surface area (Å²) in [5.41, 5.74) is 0. The number of carbonyl (C=O) groups is 1. The Morgan fingerprint density at radius 2 is 2.16 bits per heavy atom. The van der Waals surface area contributed by atoms with Crippen molar-refractivity contribution >= 4 is 21.8 Å². The Balaban J connectivity index is 1.67. The topological polar surface area (TPSA) is 42.2 Å². The molecular weight excluding hydrogens is 306 g/mol. The summed E-state index contributed by atoms with van der Waals surface area (Å²) in [6.07, 6.45) is 8.02. The highest BCUT2D eigenvalue weighted by atomic mass is 79.9. The summed E-state index contributed by atoms with van der Waals surface area (Å²) < 4.78 is 5.23. The molecule has 3 nitrogen and oxygen atoms in total. The fraction of sp³-hybridized carbons (Fsp3) is 0.667. The number of nitrogens with one attached hydrogen (secondary N) is 1. The maximum atomic E-state index is 11.8. The van der Waals surface area contributed by atoms with Crippen LogP contribution in [-0.4, -0.2) is 17.8 Å². The number of alkyl halides is 1. The average Bonchev–Trinajstić information content (AvgIpc) is 2.96. The van der Waals surface area contributed by atoms with Crippen molar-refractivity contribution in [2.24, 2.45) is 11.8 Å². The van der Waals surface area contributed by atoms with Gasteiger partial charge in [-0.15, -0.1) is 0 Å². The molecule has 0 bridgehead atoms. The van der Waals surface area contributed by atoms with Gasteiger partial charge in [-0.1, -0.05) is 28.8 Å². The van der Waals surface area contributed by atoms with E-state index >= 15 is 0 Å². The largest absolute Gasteiger partial charge is 0.469 e. The molecule has 1 N–H and O–H groups in total. The quantitative estimate of drug-likeness (QED) is 0.812. The highest BCUT2D eigenvalue weighted by molar-refractivity contribution is 9.09. The molecule has 0 spiro atoms. The second kappa shape index (κ2) is 7.73. The van der Waals surface area contributed by atoms with Crippen LogP contribution < -0.4 is 5.32 Å². The van der Waals surface area contributed by atoms with Crippen molar-refractivity contribution in [3.05, 3.63) is 24.2 Å². The van der Waals surface area contributed by atoms with E-state index in [2.05, 4.69) is 21.2 Å². The summed E-state index contributed by atoms with van der Waals surface area (Å²) in [4.78, 5) is 11.8. The molecule has 1 aliphatic carbocycles. The van der Waals surface area contributed by atoms with Gasteiger partial charge in [0, 0.05) is 24.7 Å². The summed E-state index contributed by atoms with van der Waals surface area (Å²) in [5, 5.41) is 4.13. The Kier molecular flexibility index (Phi) is 5.95. The second-order valence-electron chi connectivity index (χ2n) is 5.34. The number of rotatable bonds is 6. The second-order valence-corrected chi connectivity index (χ2v) is 5.99. The van der Waals surface area contributed by atoms with Crippen LogP contribution in [-0.2, 0) is 11.2 Å². The van der Waals surface area contributed by atoms with Crippen molar-refractivity contribution in [1.82, 2.24) is 5.32 Å². The van der Waals surface area contributed by atoms with Crippen LogP contribution in [0.1, 0.15) is 37.9 Å². The molecule has 2 rings (SSSR count). The zero-order chi connectivity index (χ0) is 13.5. The maximum Gasteiger partial charge on any atom is 0.220 e. The number of amides is 1. The Morgan fingerprint density at radius 3 is 2.84 bits per heavy atom. The Labute approximate surface area is 123 Å². The fourth-order valence-electron chi connectivity index (χ4n) is 2.78. The molecule has 1 fully saturated rings. The van der Waals surface area contributed by atoms with Gasteiger partial charge < -0.3 is 9.73 Å². The monoisotopic (exact) mass is 327 g/mol. The summed E-state index contributed by atoms with van der Waals surface area (Å²) >= 11 is 3.59. The molecule has 1 amide bonds. The van der Waals surface area contributed by atoms with Crippen LogP contribution in [0.25, 0.3) is 0 Å². The first-order chi connectivity index (χ1) is 9.29. The van der Waals surface area contributed by atoms with Crippen LogP contribution in [0.4, 0.5) is 0 Å². The molecule has 106 valence electrons. The molecule has 2 unspecified atom stereocenters. The van der Waals surface area contributed by atoms with Gasteiger partial charge in [0.1, 0.15) is 5.76 Å².